The molecule has 19 heavy (non-hydrogen) atoms. The van der Waals surface area contributed by atoms with Gasteiger partial charge in [0.1, 0.15) is 5.75 Å². The van der Waals surface area contributed by atoms with E-state index in [2.05, 4.69) is 31.4 Å². The van der Waals surface area contributed by atoms with E-state index in [1.165, 1.54) is 0 Å². The van der Waals surface area contributed by atoms with Crippen LogP contribution in [0.2, 0.25) is 0 Å². The lowest BCUT2D eigenvalue weighted by Crippen LogP contribution is -2.30. The highest BCUT2D eigenvalue weighted by Crippen LogP contribution is 2.17. The van der Waals surface area contributed by atoms with Crippen LogP contribution in [0.1, 0.15) is 27.2 Å². The van der Waals surface area contributed by atoms with E-state index in [1.807, 2.05) is 18.2 Å². The Hall–Kier alpha value is -1.55. The van der Waals surface area contributed by atoms with Crippen LogP contribution in [0.4, 0.5) is 5.69 Å². The molecule has 0 aromatic heterocycles. The molecular weight excluding hydrogens is 240 g/mol. The maximum atomic E-state index is 11.7. The standard InChI is InChI=1S/C15H24N2O2/c1-15(2,3)8-9-16-11-14(18)17-12-6-5-7-13(10-12)19-4/h5-7,10,16H,8-9,11H2,1-4H3,(H,17,18). The van der Waals surface area contributed by atoms with Crippen molar-refractivity contribution in [2.75, 3.05) is 25.5 Å². The molecule has 0 heterocycles. The van der Waals surface area contributed by atoms with Gasteiger partial charge in [-0.05, 0) is 30.5 Å². The number of carbonyl (C=O) groups is 1. The van der Waals surface area contributed by atoms with E-state index >= 15 is 0 Å². The second-order valence-corrected chi connectivity index (χ2v) is 5.77. The number of hydrogen-bond acceptors (Lipinski definition) is 3. The zero-order valence-corrected chi connectivity index (χ0v) is 12.2. The van der Waals surface area contributed by atoms with E-state index in [0.717, 1.165) is 24.4 Å². The van der Waals surface area contributed by atoms with Crippen molar-refractivity contribution in [2.45, 2.75) is 27.2 Å². The molecule has 1 aromatic carbocycles. The molecule has 106 valence electrons. The largest absolute Gasteiger partial charge is 0.497 e. The molecule has 0 aliphatic carbocycles. The lowest BCUT2D eigenvalue weighted by atomic mass is 9.92. The molecule has 0 aliphatic rings. The number of carbonyl (C=O) groups excluding carboxylic acids is 1. The van der Waals surface area contributed by atoms with Crippen molar-refractivity contribution in [1.82, 2.24) is 5.32 Å². The second-order valence-electron chi connectivity index (χ2n) is 5.77. The first kappa shape index (κ1) is 15.5. The lowest BCUT2D eigenvalue weighted by Gasteiger charge is -2.17. The molecule has 0 bridgehead atoms. The molecule has 1 amide bonds. The molecule has 0 saturated heterocycles. The van der Waals surface area contributed by atoms with Crippen molar-refractivity contribution in [3.05, 3.63) is 24.3 Å². The maximum absolute atomic E-state index is 11.7. The van der Waals surface area contributed by atoms with Crippen molar-refractivity contribution in [3.8, 4) is 5.75 Å². The SMILES string of the molecule is COc1cccc(NC(=O)CNCCC(C)(C)C)c1. The number of hydrogen-bond donors (Lipinski definition) is 2. The smallest absolute Gasteiger partial charge is 0.238 e. The molecule has 0 saturated carbocycles. The molecule has 1 aromatic rings. The Morgan fingerprint density at radius 3 is 2.68 bits per heavy atom. The fourth-order valence-corrected chi connectivity index (χ4v) is 1.57. The topological polar surface area (TPSA) is 50.4 Å². The van der Waals surface area contributed by atoms with Gasteiger partial charge in [0.2, 0.25) is 5.91 Å². The summed E-state index contributed by atoms with van der Waals surface area (Å²) >= 11 is 0. The molecule has 0 atom stereocenters. The molecule has 0 radical (unpaired) electrons. The van der Waals surface area contributed by atoms with Gasteiger partial charge in [-0.25, -0.2) is 0 Å². The number of rotatable bonds is 6. The van der Waals surface area contributed by atoms with Crippen LogP contribution >= 0.6 is 0 Å². The summed E-state index contributed by atoms with van der Waals surface area (Å²) in [6.45, 7) is 7.73. The Kier molecular flexibility index (Phi) is 5.83. The third-order valence-electron chi connectivity index (χ3n) is 2.69. The Balaban J connectivity index is 2.31. The Morgan fingerprint density at radius 1 is 1.32 bits per heavy atom. The van der Waals surface area contributed by atoms with Crippen molar-refractivity contribution < 1.29 is 9.53 Å². The van der Waals surface area contributed by atoms with Gasteiger partial charge in [0.05, 0.1) is 13.7 Å². The Bertz CT molecular complexity index is 411. The monoisotopic (exact) mass is 264 g/mol. The summed E-state index contributed by atoms with van der Waals surface area (Å²) in [6.07, 6.45) is 1.04. The van der Waals surface area contributed by atoms with E-state index in [9.17, 15) is 4.79 Å². The van der Waals surface area contributed by atoms with Crippen LogP contribution in [-0.2, 0) is 4.79 Å². The van der Waals surface area contributed by atoms with Crippen LogP contribution in [0.15, 0.2) is 24.3 Å². The Morgan fingerprint density at radius 2 is 2.05 bits per heavy atom. The first-order valence-electron chi connectivity index (χ1n) is 6.55. The summed E-state index contributed by atoms with van der Waals surface area (Å²) in [6, 6.07) is 7.33. The van der Waals surface area contributed by atoms with Crippen LogP contribution in [0, 0.1) is 5.41 Å². The van der Waals surface area contributed by atoms with Crippen molar-refractivity contribution >= 4 is 11.6 Å². The van der Waals surface area contributed by atoms with Gasteiger partial charge in [-0.15, -0.1) is 0 Å². The number of anilines is 1. The van der Waals surface area contributed by atoms with E-state index < -0.39 is 0 Å². The number of nitrogens with one attached hydrogen (secondary N) is 2. The van der Waals surface area contributed by atoms with Crippen LogP contribution in [0.25, 0.3) is 0 Å². The van der Waals surface area contributed by atoms with Crippen LogP contribution in [0.3, 0.4) is 0 Å². The second kappa shape index (κ2) is 7.14. The maximum Gasteiger partial charge on any atom is 0.238 e. The molecule has 2 N–H and O–H groups in total. The van der Waals surface area contributed by atoms with Crippen molar-refractivity contribution in [3.63, 3.8) is 0 Å². The molecular formula is C15H24N2O2. The average molecular weight is 264 g/mol. The normalized spacial score (nSPS) is 11.2. The summed E-state index contributed by atoms with van der Waals surface area (Å²) in [5.41, 5.74) is 1.04. The molecule has 0 fully saturated rings. The lowest BCUT2D eigenvalue weighted by molar-refractivity contribution is -0.115. The van der Waals surface area contributed by atoms with Gasteiger partial charge in [0.15, 0.2) is 0 Å². The third-order valence-corrected chi connectivity index (χ3v) is 2.69. The summed E-state index contributed by atoms with van der Waals surface area (Å²) < 4.78 is 5.11. The van der Waals surface area contributed by atoms with Gasteiger partial charge < -0.3 is 15.4 Å². The molecule has 0 spiro atoms. The van der Waals surface area contributed by atoms with Gasteiger partial charge in [-0.3, -0.25) is 4.79 Å². The van der Waals surface area contributed by atoms with Gasteiger partial charge in [0, 0.05) is 11.8 Å². The minimum Gasteiger partial charge on any atom is -0.497 e. The van der Waals surface area contributed by atoms with E-state index in [0.29, 0.717) is 6.54 Å². The summed E-state index contributed by atoms with van der Waals surface area (Å²) in [7, 11) is 1.61. The molecule has 4 heteroatoms. The predicted molar refractivity (Wildman–Crippen MR) is 78.6 cm³/mol. The van der Waals surface area contributed by atoms with Crippen molar-refractivity contribution in [1.29, 1.82) is 0 Å². The van der Waals surface area contributed by atoms with E-state index in [-0.39, 0.29) is 11.3 Å². The molecule has 0 unspecified atom stereocenters. The van der Waals surface area contributed by atoms with Crippen LogP contribution in [-0.4, -0.2) is 26.1 Å². The molecule has 1 rings (SSSR count). The van der Waals surface area contributed by atoms with Crippen molar-refractivity contribution in [2.24, 2.45) is 5.41 Å². The van der Waals surface area contributed by atoms with Crippen LogP contribution < -0.4 is 15.4 Å². The molecule has 4 nitrogen and oxygen atoms in total. The number of amides is 1. The Labute approximate surface area is 115 Å². The highest BCUT2D eigenvalue weighted by molar-refractivity contribution is 5.92. The minimum absolute atomic E-state index is 0.0397. The third kappa shape index (κ3) is 6.82. The fraction of sp³-hybridized carbons (Fsp3) is 0.533. The fourth-order valence-electron chi connectivity index (χ4n) is 1.57. The van der Waals surface area contributed by atoms with Gasteiger partial charge in [0.25, 0.3) is 0 Å². The van der Waals surface area contributed by atoms with Crippen LogP contribution in [0.5, 0.6) is 5.75 Å². The van der Waals surface area contributed by atoms with E-state index in [1.54, 1.807) is 13.2 Å². The zero-order valence-electron chi connectivity index (χ0n) is 12.2. The predicted octanol–water partition coefficient (Wildman–Crippen LogP) is 2.66. The zero-order chi connectivity index (χ0) is 14.3. The highest BCUT2D eigenvalue weighted by atomic mass is 16.5. The summed E-state index contributed by atoms with van der Waals surface area (Å²) in [5.74, 6) is 0.695. The van der Waals surface area contributed by atoms with Gasteiger partial charge in [-0.2, -0.15) is 0 Å². The highest BCUT2D eigenvalue weighted by Gasteiger charge is 2.09. The quantitative estimate of drug-likeness (QED) is 0.777. The first-order chi connectivity index (χ1) is 8.90. The first-order valence-corrected chi connectivity index (χ1v) is 6.55. The summed E-state index contributed by atoms with van der Waals surface area (Å²) in [4.78, 5) is 11.7. The van der Waals surface area contributed by atoms with Gasteiger partial charge >= 0.3 is 0 Å². The average Bonchev–Trinajstić information content (AvgIpc) is 2.34. The minimum atomic E-state index is -0.0397. The molecule has 0 aliphatic heterocycles. The number of methoxy groups -OCH3 is 1. The van der Waals surface area contributed by atoms with E-state index in [4.69, 9.17) is 4.74 Å². The number of benzene rings is 1. The summed E-state index contributed by atoms with van der Waals surface area (Å²) in [5, 5.41) is 5.98. The van der Waals surface area contributed by atoms with Gasteiger partial charge in [-0.1, -0.05) is 26.8 Å². The number of ether oxygens (including phenoxy) is 1.